The summed E-state index contributed by atoms with van der Waals surface area (Å²) >= 11 is 0.432. The molecule has 1 rings (SSSR count). The largest absolute Gasteiger partial charge is 0.326 e. The van der Waals surface area contributed by atoms with Crippen LogP contribution in [-0.2, 0) is 6.54 Å². The van der Waals surface area contributed by atoms with Crippen molar-refractivity contribution in [1.82, 2.24) is 4.98 Å². The van der Waals surface area contributed by atoms with E-state index in [4.69, 9.17) is 5.73 Å². The molecule has 0 radical (unpaired) electrons. The van der Waals surface area contributed by atoms with Crippen LogP contribution in [0.1, 0.15) is 5.56 Å². The van der Waals surface area contributed by atoms with E-state index in [1.54, 1.807) is 12.1 Å². The summed E-state index contributed by atoms with van der Waals surface area (Å²) in [5.74, 6) is -2.42. The molecule has 12 heavy (non-hydrogen) atoms. The molecule has 2 nitrogen and oxygen atoms in total. The van der Waals surface area contributed by atoms with Gasteiger partial charge in [-0.3, -0.25) is 0 Å². The van der Waals surface area contributed by atoms with Crippen LogP contribution in [0.4, 0.5) is 8.78 Å². The van der Waals surface area contributed by atoms with Gasteiger partial charge in [0, 0.05) is 12.7 Å². The normalized spacial score (nSPS) is 10.7. The first-order chi connectivity index (χ1) is 5.72. The Kier molecular flexibility index (Phi) is 3.43. The van der Waals surface area contributed by atoms with Gasteiger partial charge in [0.1, 0.15) is 5.03 Å². The molecule has 1 aromatic rings. The van der Waals surface area contributed by atoms with Gasteiger partial charge in [0.2, 0.25) is 0 Å². The monoisotopic (exact) mass is 190 g/mol. The first-order valence-corrected chi connectivity index (χ1v) is 4.20. The van der Waals surface area contributed by atoms with Gasteiger partial charge in [0.05, 0.1) is 0 Å². The van der Waals surface area contributed by atoms with Crippen LogP contribution in [0.25, 0.3) is 0 Å². The highest BCUT2D eigenvalue weighted by Crippen LogP contribution is 2.22. The Bertz CT molecular complexity index is 238. The number of aromatic nitrogens is 1. The van der Waals surface area contributed by atoms with Crippen molar-refractivity contribution < 1.29 is 8.78 Å². The molecule has 0 aliphatic heterocycles. The first kappa shape index (κ1) is 9.41. The fourth-order valence-corrected chi connectivity index (χ4v) is 1.14. The number of thioether (sulfide) groups is 1. The third-order valence-corrected chi connectivity index (χ3v) is 1.90. The lowest BCUT2D eigenvalue weighted by molar-refractivity contribution is 0.252. The molecule has 0 bridgehead atoms. The molecule has 0 saturated carbocycles. The standard InChI is InChI=1S/C7H8F2N2S/c8-7(9)12-6-2-1-5(3-10)4-11-6/h1-2,4,7H,3,10H2. The second kappa shape index (κ2) is 4.37. The van der Waals surface area contributed by atoms with Crippen LogP contribution in [0.2, 0.25) is 0 Å². The van der Waals surface area contributed by atoms with Gasteiger partial charge >= 0.3 is 0 Å². The molecule has 2 N–H and O–H groups in total. The molecule has 0 saturated heterocycles. The van der Waals surface area contributed by atoms with E-state index in [1.165, 1.54) is 6.20 Å². The lowest BCUT2D eigenvalue weighted by atomic mass is 10.3. The zero-order chi connectivity index (χ0) is 8.97. The summed E-state index contributed by atoms with van der Waals surface area (Å²) in [6.07, 6.45) is 1.50. The Balaban J connectivity index is 2.65. The zero-order valence-electron chi connectivity index (χ0n) is 6.21. The van der Waals surface area contributed by atoms with Crippen LogP contribution in [0, 0.1) is 0 Å². The van der Waals surface area contributed by atoms with Crippen molar-refractivity contribution in [3.05, 3.63) is 23.9 Å². The fraction of sp³-hybridized carbons (Fsp3) is 0.286. The Morgan fingerprint density at radius 2 is 2.25 bits per heavy atom. The summed E-state index contributed by atoms with van der Waals surface area (Å²) in [5.41, 5.74) is 6.15. The zero-order valence-corrected chi connectivity index (χ0v) is 7.02. The Labute approximate surface area is 73.2 Å². The molecule has 1 heterocycles. The number of alkyl halides is 2. The number of hydrogen-bond donors (Lipinski definition) is 1. The number of nitrogens with two attached hydrogens (primary N) is 1. The molecule has 66 valence electrons. The van der Waals surface area contributed by atoms with Crippen molar-refractivity contribution in [3.8, 4) is 0 Å². The van der Waals surface area contributed by atoms with Gasteiger partial charge in [-0.2, -0.15) is 8.78 Å². The smallest absolute Gasteiger partial charge is 0.290 e. The fourth-order valence-electron chi connectivity index (χ4n) is 0.693. The summed E-state index contributed by atoms with van der Waals surface area (Å²) < 4.78 is 23.6. The lowest BCUT2D eigenvalue weighted by Crippen LogP contribution is -1.96. The van der Waals surface area contributed by atoms with Gasteiger partial charge in [0.25, 0.3) is 5.76 Å². The number of nitrogens with zero attached hydrogens (tertiary/aromatic N) is 1. The van der Waals surface area contributed by atoms with Crippen molar-refractivity contribution in [3.63, 3.8) is 0 Å². The number of rotatable bonds is 3. The molecule has 0 fully saturated rings. The predicted octanol–water partition coefficient (Wildman–Crippen LogP) is 1.85. The van der Waals surface area contributed by atoms with Gasteiger partial charge in [-0.25, -0.2) is 4.98 Å². The minimum Gasteiger partial charge on any atom is -0.326 e. The first-order valence-electron chi connectivity index (χ1n) is 3.32. The Morgan fingerprint density at radius 3 is 2.67 bits per heavy atom. The molecule has 0 unspecified atom stereocenters. The van der Waals surface area contributed by atoms with Crippen LogP contribution in [0.5, 0.6) is 0 Å². The van der Waals surface area contributed by atoms with E-state index >= 15 is 0 Å². The lowest BCUT2D eigenvalue weighted by Gasteiger charge is -1.99. The number of hydrogen-bond acceptors (Lipinski definition) is 3. The maximum Gasteiger partial charge on any atom is 0.290 e. The highest BCUT2D eigenvalue weighted by Gasteiger charge is 2.05. The maximum absolute atomic E-state index is 11.8. The van der Waals surface area contributed by atoms with E-state index in [9.17, 15) is 8.78 Å². The molecule has 0 atom stereocenters. The van der Waals surface area contributed by atoms with Crippen molar-refractivity contribution in [2.75, 3.05) is 0 Å². The molecule has 0 amide bonds. The highest BCUT2D eigenvalue weighted by atomic mass is 32.2. The van der Waals surface area contributed by atoms with Crippen LogP contribution in [-0.4, -0.2) is 10.7 Å². The van der Waals surface area contributed by atoms with E-state index in [0.717, 1.165) is 5.56 Å². The third kappa shape index (κ3) is 2.75. The van der Waals surface area contributed by atoms with Crippen LogP contribution in [0.15, 0.2) is 23.4 Å². The quantitative estimate of drug-likeness (QED) is 0.739. The average Bonchev–Trinajstić information content (AvgIpc) is 2.05. The van der Waals surface area contributed by atoms with Crippen molar-refractivity contribution >= 4 is 11.8 Å². The van der Waals surface area contributed by atoms with Crippen molar-refractivity contribution in [2.24, 2.45) is 5.73 Å². The molecule has 0 spiro atoms. The van der Waals surface area contributed by atoms with E-state index in [1.807, 2.05) is 0 Å². The summed E-state index contributed by atoms with van der Waals surface area (Å²) in [7, 11) is 0. The second-order valence-corrected chi connectivity index (χ2v) is 3.10. The van der Waals surface area contributed by atoms with Gasteiger partial charge in [-0.05, 0) is 23.4 Å². The summed E-state index contributed by atoms with van der Waals surface area (Å²) in [6, 6.07) is 3.23. The highest BCUT2D eigenvalue weighted by molar-refractivity contribution is 7.99. The molecular weight excluding hydrogens is 182 g/mol. The van der Waals surface area contributed by atoms with E-state index in [2.05, 4.69) is 4.98 Å². The van der Waals surface area contributed by atoms with Gasteiger partial charge in [-0.15, -0.1) is 0 Å². The molecule has 0 aliphatic carbocycles. The minimum atomic E-state index is -2.42. The second-order valence-electron chi connectivity index (χ2n) is 2.09. The van der Waals surface area contributed by atoms with Gasteiger partial charge in [-0.1, -0.05) is 6.07 Å². The average molecular weight is 190 g/mol. The molecular formula is C7H8F2N2S. The molecule has 0 aliphatic rings. The van der Waals surface area contributed by atoms with Crippen molar-refractivity contribution in [1.29, 1.82) is 0 Å². The summed E-state index contributed by atoms with van der Waals surface area (Å²) in [4.78, 5) is 3.79. The Hall–Kier alpha value is -0.680. The summed E-state index contributed by atoms with van der Waals surface area (Å²) in [5, 5.41) is 0.321. The van der Waals surface area contributed by atoms with E-state index in [-0.39, 0.29) is 0 Å². The summed E-state index contributed by atoms with van der Waals surface area (Å²) in [6.45, 7) is 0.382. The molecule has 1 aromatic heterocycles. The molecule has 0 aromatic carbocycles. The number of pyridine rings is 1. The van der Waals surface area contributed by atoms with Gasteiger partial charge < -0.3 is 5.73 Å². The maximum atomic E-state index is 11.8. The topological polar surface area (TPSA) is 38.9 Å². The predicted molar refractivity (Wildman–Crippen MR) is 44.0 cm³/mol. The van der Waals surface area contributed by atoms with E-state index in [0.29, 0.717) is 23.3 Å². The van der Waals surface area contributed by atoms with Gasteiger partial charge in [0.15, 0.2) is 0 Å². The minimum absolute atomic E-state index is 0.321. The van der Waals surface area contributed by atoms with Crippen LogP contribution in [0.3, 0.4) is 0 Å². The van der Waals surface area contributed by atoms with E-state index < -0.39 is 5.76 Å². The van der Waals surface area contributed by atoms with Crippen LogP contribution < -0.4 is 5.73 Å². The van der Waals surface area contributed by atoms with Crippen LogP contribution >= 0.6 is 11.8 Å². The van der Waals surface area contributed by atoms with Crippen molar-refractivity contribution in [2.45, 2.75) is 17.3 Å². The third-order valence-electron chi connectivity index (χ3n) is 1.24. The molecule has 5 heteroatoms. The number of halogens is 2. The SMILES string of the molecule is NCc1ccc(SC(F)F)nc1. The Morgan fingerprint density at radius 1 is 1.50 bits per heavy atom.